The van der Waals surface area contributed by atoms with Crippen LogP contribution in [0.5, 0.6) is 5.75 Å². The fraction of sp³-hybridized carbons (Fsp3) is 0.455. The standard InChI is InChI=1S/C11H16FNO2/c1-8(5-6-14-2)15-11-4-3-9(13)7-10(11)12/h3-4,7-8H,5-6,13H2,1-2H3. The second-order valence-electron chi connectivity index (χ2n) is 3.40. The molecule has 0 aliphatic carbocycles. The fourth-order valence-corrected chi connectivity index (χ4v) is 1.17. The van der Waals surface area contributed by atoms with Crippen molar-refractivity contribution in [2.45, 2.75) is 19.4 Å². The molecule has 0 bridgehead atoms. The Morgan fingerprint density at radius 1 is 1.47 bits per heavy atom. The number of rotatable bonds is 5. The van der Waals surface area contributed by atoms with E-state index in [9.17, 15) is 4.39 Å². The van der Waals surface area contributed by atoms with Gasteiger partial charge in [-0.15, -0.1) is 0 Å². The topological polar surface area (TPSA) is 44.5 Å². The minimum atomic E-state index is -0.431. The SMILES string of the molecule is COCCC(C)Oc1ccc(N)cc1F. The molecule has 0 aliphatic heterocycles. The summed E-state index contributed by atoms with van der Waals surface area (Å²) in [6.07, 6.45) is 0.642. The predicted molar refractivity (Wildman–Crippen MR) is 57.4 cm³/mol. The van der Waals surface area contributed by atoms with Gasteiger partial charge < -0.3 is 15.2 Å². The van der Waals surface area contributed by atoms with Crippen molar-refractivity contribution < 1.29 is 13.9 Å². The van der Waals surface area contributed by atoms with Crippen LogP contribution >= 0.6 is 0 Å². The van der Waals surface area contributed by atoms with Crippen LogP contribution < -0.4 is 10.5 Å². The van der Waals surface area contributed by atoms with Crippen molar-refractivity contribution in [2.24, 2.45) is 0 Å². The third-order valence-corrected chi connectivity index (χ3v) is 2.01. The van der Waals surface area contributed by atoms with Crippen LogP contribution in [0.4, 0.5) is 10.1 Å². The number of methoxy groups -OCH3 is 1. The number of halogens is 1. The largest absolute Gasteiger partial charge is 0.488 e. The summed E-state index contributed by atoms with van der Waals surface area (Å²) in [5.74, 6) is -0.202. The van der Waals surface area contributed by atoms with E-state index in [1.54, 1.807) is 13.2 Å². The molecule has 0 aromatic heterocycles. The first-order valence-electron chi connectivity index (χ1n) is 4.84. The van der Waals surface area contributed by atoms with Gasteiger partial charge in [-0.3, -0.25) is 0 Å². The lowest BCUT2D eigenvalue weighted by atomic mass is 10.2. The first-order chi connectivity index (χ1) is 7.13. The Bertz CT molecular complexity index is 317. The van der Waals surface area contributed by atoms with Gasteiger partial charge in [0.25, 0.3) is 0 Å². The van der Waals surface area contributed by atoms with E-state index in [-0.39, 0.29) is 11.9 Å². The van der Waals surface area contributed by atoms with Gasteiger partial charge in [0.2, 0.25) is 0 Å². The third kappa shape index (κ3) is 3.75. The number of ether oxygens (including phenoxy) is 2. The fourth-order valence-electron chi connectivity index (χ4n) is 1.17. The molecule has 3 nitrogen and oxygen atoms in total. The minimum absolute atomic E-state index is 0.0805. The summed E-state index contributed by atoms with van der Waals surface area (Å²) in [5, 5.41) is 0. The van der Waals surface area contributed by atoms with Crippen molar-refractivity contribution in [1.82, 2.24) is 0 Å². The van der Waals surface area contributed by atoms with Crippen molar-refractivity contribution in [2.75, 3.05) is 19.5 Å². The van der Waals surface area contributed by atoms with E-state index in [1.807, 2.05) is 6.92 Å². The molecule has 2 N–H and O–H groups in total. The zero-order valence-corrected chi connectivity index (χ0v) is 9.00. The summed E-state index contributed by atoms with van der Waals surface area (Å²) < 4.78 is 23.6. The van der Waals surface area contributed by atoms with Crippen LogP contribution in [0, 0.1) is 5.82 Å². The van der Waals surface area contributed by atoms with E-state index >= 15 is 0 Å². The average molecular weight is 213 g/mol. The summed E-state index contributed by atoms with van der Waals surface area (Å²) in [6, 6.07) is 4.40. The van der Waals surface area contributed by atoms with Crippen molar-refractivity contribution >= 4 is 5.69 Å². The highest BCUT2D eigenvalue weighted by atomic mass is 19.1. The molecule has 0 radical (unpaired) electrons. The zero-order valence-electron chi connectivity index (χ0n) is 9.00. The molecule has 0 amide bonds. The van der Waals surface area contributed by atoms with Gasteiger partial charge in [-0.25, -0.2) is 4.39 Å². The quantitative estimate of drug-likeness (QED) is 0.763. The van der Waals surface area contributed by atoms with Crippen LogP contribution in [0.3, 0.4) is 0 Å². The van der Waals surface area contributed by atoms with Crippen LogP contribution in [-0.4, -0.2) is 19.8 Å². The van der Waals surface area contributed by atoms with E-state index < -0.39 is 5.82 Å². The van der Waals surface area contributed by atoms with Crippen LogP contribution in [0.25, 0.3) is 0 Å². The number of benzene rings is 1. The maximum Gasteiger partial charge on any atom is 0.167 e. The third-order valence-electron chi connectivity index (χ3n) is 2.01. The first-order valence-corrected chi connectivity index (χ1v) is 4.84. The zero-order chi connectivity index (χ0) is 11.3. The number of anilines is 1. The molecular weight excluding hydrogens is 197 g/mol. The molecule has 0 spiro atoms. The number of hydrogen-bond donors (Lipinski definition) is 1. The first kappa shape index (κ1) is 11.8. The lowest BCUT2D eigenvalue weighted by Gasteiger charge is -2.14. The Balaban J connectivity index is 2.56. The summed E-state index contributed by atoms with van der Waals surface area (Å²) in [5.41, 5.74) is 5.82. The van der Waals surface area contributed by atoms with Crippen molar-refractivity contribution in [3.63, 3.8) is 0 Å². The van der Waals surface area contributed by atoms with Crippen molar-refractivity contribution in [3.05, 3.63) is 24.0 Å². The Morgan fingerprint density at radius 2 is 2.20 bits per heavy atom. The minimum Gasteiger partial charge on any atom is -0.488 e. The molecule has 0 heterocycles. The molecule has 1 aromatic rings. The van der Waals surface area contributed by atoms with E-state index in [0.717, 1.165) is 6.42 Å². The van der Waals surface area contributed by atoms with Crippen LogP contribution in [0.1, 0.15) is 13.3 Å². The Kier molecular flexibility index (Phi) is 4.37. The van der Waals surface area contributed by atoms with Crippen molar-refractivity contribution in [1.29, 1.82) is 0 Å². The predicted octanol–water partition coefficient (Wildman–Crippen LogP) is 2.21. The molecule has 0 saturated carbocycles. The lowest BCUT2D eigenvalue weighted by molar-refractivity contribution is 0.132. The Morgan fingerprint density at radius 3 is 2.80 bits per heavy atom. The second kappa shape index (κ2) is 5.56. The van der Waals surface area contributed by atoms with Crippen LogP contribution in [0.2, 0.25) is 0 Å². The molecule has 4 heteroatoms. The van der Waals surface area contributed by atoms with Gasteiger partial charge in [0.05, 0.1) is 6.10 Å². The Hall–Kier alpha value is -1.29. The van der Waals surface area contributed by atoms with Gasteiger partial charge in [0.1, 0.15) is 0 Å². The molecule has 84 valence electrons. The molecule has 0 fully saturated rings. The summed E-state index contributed by atoms with van der Waals surface area (Å²) in [7, 11) is 1.62. The molecule has 15 heavy (non-hydrogen) atoms. The van der Waals surface area contributed by atoms with E-state index in [2.05, 4.69) is 0 Å². The van der Waals surface area contributed by atoms with Gasteiger partial charge in [-0.05, 0) is 19.1 Å². The normalized spacial score (nSPS) is 12.5. The highest BCUT2D eigenvalue weighted by molar-refractivity contribution is 5.42. The molecule has 1 atom stereocenters. The number of hydrogen-bond acceptors (Lipinski definition) is 3. The van der Waals surface area contributed by atoms with Gasteiger partial charge in [0, 0.05) is 31.9 Å². The van der Waals surface area contributed by atoms with E-state index in [0.29, 0.717) is 12.3 Å². The summed E-state index contributed by atoms with van der Waals surface area (Å²) in [4.78, 5) is 0. The summed E-state index contributed by atoms with van der Waals surface area (Å²) in [6.45, 7) is 2.46. The molecule has 0 saturated heterocycles. The Labute approximate surface area is 89.0 Å². The molecule has 1 rings (SSSR count). The molecule has 1 aromatic carbocycles. The molecule has 1 unspecified atom stereocenters. The second-order valence-corrected chi connectivity index (χ2v) is 3.40. The number of nitrogens with two attached hydrogens (primary N) is 1. The molecule has 0 aliphatic rings. The highest BCUT2D eigenvalue weighted by Gasteiger charge is 2.08. The van der Waals surface area contributed by atoms with Gasteiger partial charge in [-0.2, -0.15) is 0 Å². The van der Waals surface area contributed by atoms with Crippen LogP contribution in [-0.2, 0) is 4.74 Å². The van der Waals surface area contributed by atoms with Gasteiger partial charge in [0.15, 0.2) is 11.6 Å². The summed E-state index contributed by atoms with van der Waals surface area (Å²) >= 11 is 0. The monoisotopic (exact) mass is 213 g/mol. The van der Waals surface area contributed by atoms with E-state index in [4.69, 9.17) is 15.2 Å². The van der Waals surface area contributed by atoms with Gasteiger partial charge >= 0.3 is 0 Å². The van der Waals surface area contributed by atoms with Crippen LogP contribution in [0.15, 0.2) is 18.2 Å². The lowest BCUT2D eigenvalue weighted by Crippen LogP contribution is -2.14. The van der Waals surface area contributed by atoms with E-state index in [1.165, 1.54) is 12.1 Å². The highest BCUT2D eigenvalue weighted by Crippen LogP contribution is 2.21. The maximum absolute atomic E-state index is 13.3. The maximum atomic E-state index is 13.3. The average Bonchev–Trinajstić information content (AvgIpc) is 2.19. The number of nitrogen functional groups attached to an aromatic ring is 1. The van der Waals surface area contributed by atoms with Gasteiger partial charge in [-0.1, -0.05) is 0 Å². The smallest absolute Gasteiger partial charge is 0.167 e. The molecular formula is C11H16FNO2. The van der Waals surface area contributed by atoms with Crippen molar-refractivity contribution in [3.8, 4) is 5.75 Å².